The highest BCUT2D eigenvalue weighted by Crippen LogP contribution is 2.34. The van der Waals surface area contributed by atoms with E-state index in [0.717, 1.165) is 25.7 Å². The van der Waals surface area contributed by atoms with Crippen molar-refractivity contribution in [2.75, 3.05) is 6.54 Å². The van der Waals surface area contributed by atoms with E-state index in [4.69, 9.17) is 16.3 Å². The summed E-state index contributed by atoms with van der Waals surface area (Å²) in [7, 11) is 0. The van der Waals surface area contributed by atoms with Gasteiger partial charge in [-0.05, 0) is 41.5 Å². The predicted molar refractivity (Wildman–Crippen MR) is 140 cm³/mol. The Morgan fingerprint density at radius 2 is 1.88 bits per heavy atom. The molecule has 0 aliphatic rings. The van der Waals surface area contributed by atoms with Gasteiger partial charge in [0.25, 0.3) is 11.8 Å². The summed E-state index contributed by atoms with van der Waals surface area (Å²) in [5.41, 5.74) is 4.20. The van der Waals surface area contributed by atoms with E-state index in [2.05, 4.69) is 31.8 Å². The average Bonchev–Trinajstić information content (AvgIpc) is 3.18. The predicted octanol–water partition coefficient (Wildman–Crippen LogP) is 5.78. The van der Waals surface area contributed by atoms with Crippen LogP contribution in [0.25, 0.3) is 10.1 Å². The number of hydrogen-bond donors (Lipinski definition) is 2. The van der Waals surface area contributed by atoms with Crippen LogP contribution in [-0.4, -0.2) is 24.6 Å². The Kier molecular flexibility index (Phi) is 7.95. The number of carbonyl (C=O) groups is 2. The maximum absolute atomic E-state index is 12.4. The molecule has 0 unspecified atom stereocenters. The first kappa shape index (κ1) is 23.9. The fourth-order valence-corrected chi connectivity index (χ4v) is 4.98. The van der Waals surface area contributed by atoms with Crippen molar-refractivity contribution in [1.29, 1.82) is 0 Å². The number of hydrogen-bond acceptors (Lipinski definition) is 5. The fraction of sp³-hybridized carbons (Fsp3) is 0.0800. The number of rotatable bonds is 8. The summed E-state index contributed by atoms with van der Waals surface area (Å²) in [4.78, 5) is 24.9. The Balaban J connectivity index is 1.27. The number of carbonyl (C=O) groups excluding carboxylic acids is 2. The van der Waals surface area contributed by atoms with Crippen LogP contribution in [0.4, 0.5) is 0 Å². The van der Waals surface area contributed by atoms with Gasteiger partial charge in [-0.3, -0.25) is 9.59 Å². The molecule has 0 spiro atoms. The van der Waals surface area contributed by atoms with E-state index in [1.54, 1.807) is 0 Å². The van der Waals surface area contributed by atoms with Gasteiger partial charge in [0.15, 0.2) is 0 Å². The van der Waals surface area contributed by atoms with E-state index in [-0.39, 0.29) is 6.54 Å². The normalized spacial score (nSPS) is 11.0. The summed E-state index contributed by atoms with van der Waals surface area (Å²) in [6.07, 6.45) is 1.51. The number of halogens is 2. The number of nitrogens with zero attached hydrogens (tertiary/aromatic N) is 1. The second kappa shape index (κ2) is 11.3. The Hall–Kier alpha value is -3.20. The molecule has 1 heterocycles. The van der Waals surface area contributed by atoms with Gasteiger partial charge in [-0.1, -0.05) is 70.0 Å². The van der Waals surface area contributed by atoms with Crippen LogP contribution in [0.15, 0.2) is 82.4 Å². The van der Waals surface area contributed by atoms with Gasteiger partial charge in [0, 0.05) is 14.6 Å². The first-order chi connectivity index (χ1) is 16.5. The molecule has 6 nitrogen and oxygen atoms in total. The average molecular weight is 557 g/mol. The van der Waals surface area contributed by atoms with Crippen molar-refractivity contribution in [3.05, 3.63) is 98.3 Å². The molecule has 1 aromatic heterocycles. The van der Waals surface area contributed by atoms with Gasteiger partial charge in [0.2, 0.25) is 0 Å². The molecule has 0 atom stereocenters. The fourth-order valence-electron chi connectivity index (χ4n) is 3.10. The zero-order valence-corrected chi connectivity index (χ0v) is 20.9. The molecule has 2 amide bonds. The molecule has 0 radical (unpaired) electrons. The van der Waals surface area contributed by atoms with E-state index < -0.39 is 11.8 Å². The molecular weight excluding hydrogens is 538 g/mol. The Morgan fingerprint density at radius 1 is 1.06 bits per heavy atom. The molecule has 4 aromatic rings. The molecule has 2 N–H and O–H groups in total. The molecule has 0 aliphatic heterocycles. The second-order valence-electron chi connectivity index (χ2n) is 7.21. The van der Waals surface area contributed by atoms with Crippen LogP contribution in [0.2, 0.25) is 5.02 Å². The molecule has 0 saturated heterocycles. The molecule has 4 rings (SSSR count). The topological polar surface area (TPSA) is 79.8 Å². The summed E-state index contributed by atoms with van der Waals surface area (Å²) in [6.45, 7) is 0.205. The van der Waals surface area contributed by atoms with E-state index >= 15 is 0 Å². The molecule has 34 heavy (non-hydrogen) atoms. The van der Waals surface area contributed by atoms with E-state index in [0.29, 0.717) is 22.3 Å². The summed E-state index contributed by atoms with van der Waals surface area (Å²) >= 11 is 11.0. The lowest BCUT2D eigenvalue weighted by Gasteiger charge is -2.07. The lowest BCUT2D eigenvalue weighted by molar-refractivity contribution is -0.120. The number of nitrogens with one attached hydrogen (secondary N) is 2. The minimum Gasteiger partial charge on any atom is -0.489 e. The third-order valence-electron chi connectivity index (χ3n) is 4.71. The van der Waals surface area contributed by atoms with Gasteiger partial charge in [-0.15, -0.1) is 11.3 Å². The zero-order valence-electron chi connectivity index (χ0n) is 17.8. The molecule has 0 aliphatic carbocycles. The largest absolute Gasteiger partial charge is 0.489 e. The molecule has 172 valence electrons. The maximum atomic E-state index is 12.4. The Bertz CT molecular complexity index is 1370. The standard InChI is InChI=1S/C25H19BrClN3O3S/c26-18-7-3-6-17(11-18)15-33-19-8-4-5-16(12-19)13-29-30-22(31)14-28-25(32)24-23(27)20-9-1-2-10-21(20)34-24/h1-13H,14-15H2,(H,28,32)(H,30,31)/b29-13-. The van der Waals surface area contributed by atoms with Crippen molar-refractivity contribution in [2.45, 2.75) is 6.61 Å². The minimum absolute atomic E-state index is 0.226. The number of fused-ring (bicyclic) bond motifs is 1. The van der Waals surface area contributed by atoms with Gasteiger partial charge >= 0.3 is 0 Å². The van der Waals surface area contributed by atoms with Crippen LogP contribution in [0.1, 0.15) is 20.8 Å². The highest BCUT2D eigenvalue weighted by Gasteiger charge is 2.17. The number of ether oxygens (including phenoxy) is 1. The van der Waals surface area contributed by atoms with Crippen molar-refractivity contribution in [2.24, 2.45) is 5.10 Å². The molecule has 0 fully saturated rings. The first-order valence-corrected chi connectivity index (χ1v) is 12.2. The number of thiophene rings is 1. The Morgan fingerprint density at radius 3 is 2.71 bits per heavy atom. The van der Waals surface area contributed by atoms with Crippen LogP contribution >= 0.6 is 38.9 Å². The van der Waals surface area contributed by atoms with Gasteiger partial charge in [-0.2, -0.15) is 5.10 Å². The van der Waals surface area contributed by atoms with Crippen LogP contribution < -0.4 is 15.5 Å². The second-order valence-corrected chi connectivity index (χ2v) is 9.55. The van der Waals surface area contributed by atoms with E-state index in [1.165, 1.54) is 17.6 Å². The van der Waals surface area contributed by atoms with Crippen molar-refractivity contribution in [3.63, 3.8) is 0 Å². The van der Waals surface area contributed by atoms with Gasteiger partial charge in [0.1, 0.15) is 17.2 Å². The highest BCUT2D eigenvalue weighted by molar-refractivity contribution is 9.10. The van der Waals surface area contributed by atoms with Crippen molar-refractivity contribution >= 4 is 67.0 Å². The Labute approximate surface area is 213 Å². The summed E-state index contributed by atoms with van der Waals surface area (Å²) < 4.78 is 7.73. The molecule has 9 heteroatoms. The zero-order chi connectivity index (χ0) is 23.9. The molecule has 3 aromatic carbocycles. The van der Waals surface area contributed by atoms with Crippen molar-refractivity contribution < 1.29 is 14.3 Å². The molecule has 0 saturated carbocycles. The monoisotopic (exact) mass is 555 g/mol. The van der Waals surface area contributed by atoms with Crippen LogP contribution in [0, 0.1) is 0 Å². The number of benzene rings is 3. The minimum atomic E-state index is -0.455. The summed E-state index contributed by atoms with van der Waals surface area (Å²) in [6, 6.07) is 22.7. The van der Waals surface area contributed by atoms with Crippen LogP contribution in [0.5, 0.6) is 5.75 Å². The highest BCUT2D eigenvalue weighted by atomic mass is 79.9. The van der Waals surface area contributed by atoms with E-state index in [9.17, 15) is 9.59 Å². The third-order valence-corrected chi connectivity index (χ3v) is 6.87. The number of hydrazone groups is 1. The van der Waals surface area contributed by atoms with Crippen LogP contribution in [0.3, 0.4) is 0 Å². The SMILES string of the molecule is O=C(CNC(=O)c1sc2ccccc2c1Cl)N/N=C\c1cccc(OCc2cccc(Br)c2)c1. The van der Waals surface area contributed by atoms with Gasteiger partial charge in [0.05, 0.1) is 17.8 Å². The quantitative estimate of drug-likeness (QED) is 0.213. The first-order valence-electron chi connectivity index (χ1n) is 10.2. The molecule has 0 bridgehead atoms. The van der Waals surface area contributed by atoms with Crippen molar-refractivity contribution in [3.8, 4) is 5.75 Å². The smallest absolute Gasteiger partial charge is 0.263 e. The summed E-state index contributed by atoms with van der Waals surface area (Å²) in [5.74, 6) is -0.174. The lowest BCUT2D eigenvalue weighted by Crippen LogP contribution is -2.34. The van der Waals surface area contributed by atoms with Gasteiger partial charge in [-0.25, -0.2) is 5.43 Å². The van der Waals surface area contributed by atoms with Crippen molar-refractivity contribution in [1.82, 2.24) is 10.7 Å². The maximum Gasteiger partial charge on any atom is 0.263 e. The lowest BCUT2D eigenvalue weighted by atomic mass is 10.2. The number of amides is 2. The molecular formula is C25H19BrClN3O3S. The van der Waals surface area contributed by atoms with Gasteiger partial charge < -0.3 is 10.1 Å². The third kappa shape index (κ3) is 6.22. The van der Waals surface area contributed by atoms with E-state index in [1.807, 2.05) is 72.8 Å². The van der Waals surface area contributed by atoms with Crippen LogP contribution in [-0.2, 0) is 11.4 Å². The summed E-state index contributed by atoms with van der Waals surface area (Å²) in [5, 5.41) is 7.73.